The minimum absolute atomic E-state index is 0.371. The molecule has 21 heavy (non-hydrogen) atoms. The number of aromatic nitrogens is 2. The van der Waals surface area contributed by atoms with Crippen LogP contribution in [0.25, 0.3) is 10.8 Å². The fraction of sp³-hybridized carbons (Fsp3) is 0.176. The van der Waals surface area contributed by atoms with Crippen LogP contribution < -0.4 is 10.1 Å². The van der Waals surface area contributed by atoms with Gasteiger partial charge in [-0.1, -0.05) is 30.3 Å². The fourth-order valence-corrected chi connectivity index (χ4v) is 2.36. The normalized spacial score (nSPS) is 10.7. The summed E-state index contributed by atoms with van der Waals surface area (Å²) in [6.07, 6.45) is 3.45. The van der Waals surface area contributed by atoms with Crippen LogP contribution in [-0.4, -0.2) is 17.0 Å². The maximum Gasteiger partial charge on any atom is 0.166 e. The van der Waals surface area contributed by atoms with Crippen LogP contribution in [0.4, 0.5) is 0 Å². The summed E-state index contributed by atoms with van der Waals surface area (Å²) in [4.78, 5) is 8.36. The van der Waals surface area contributed by atoms with Crippen LogP contribution >= 0.6 is 0 Å². The van der Waals surface area contributed by atoms with Gasteiger partial charge in [0.1, 0.15) is 12.4 Å². The van der Waals surface area contributed by atoms with Gasteiger partial charge < -0.3 is 10.1 Å². The lowest BCUT2D eigenvalue weighted by atomic mass is 10.0. The van der Waals surface area contributed by atoms with Crippen molar-refractivity contribution in [3.8, 4) is 5.75 Å². The van der Waals surface area contributed by atoms with Gasteiger partial charge in [0.2, 0.25) is 0 Å². The zero-order valence-corrected chi connectivity index (χ0v) is 11.9. The molecule has 0 spiro atoms. The summed E-state index contributed by atoms with van der Waals surface area (Å²) in [5, 5.41) is 5.62. The number of rotatable bonds is 5. The van der Waals surface area contributed by atoms with Crippen LogP contribution in [0, 0.1) is 0 Å². The van der Waals surface area contributed by atoms with E-state index in [1.807, 2.05) is 25.2 Å². The highest BCUT2D eigenvalue weighted by Crippen LogP contribution is 2.28. The van der Waals surface area contributed by atoms with Crippen molar-refractivity contribution in [2.45, 2.75) is 13.2 Å². The van der Waals surface area contributed by atoms with Crippen molar-refractivity contribution in [1.82, 2.24) is 15.3 Å². The summed E-state index contributed by atoms with van der Waals surface area (Å²) >= 11 is 0. The van der Waals surface area contributed by atoms with Crippen molar-refractivity contribution in [3.63, 3.8) is 0 Å². The monoisotopic (exact) mass is 279 g/mol. The lowest BCUT2D eigenvalue weighted by molar-refractivity contribution is 0.293. The molecule has 0 saturated heterocycles. The lowest BCUT2D eigenvalue weighted by Gasteiger charge is -2.13. The van der Waals surface area contributed by atoms with Crippen LogP contribution in [0.5, 0.6) is 5.75 Å². The highest BCUT2D eigenvalue weighted by atomic mass is 16.5. The SMILES string of the molecule is CNCc1c(OCc2ncccn2)ccc2ccccc12. The van der Waals surface area contributed by atoms with Gasteiger partial charge in [-0.25, -0.2) is 9.97 Å². The number of nitrogens with one attached hydrogen (secondary N) is 1. The average Bonchev–Trinajstić information content (AvgIpc) is 2.55. The van der Waals surface area contributed by atoms with Gasteiger partial charge in [0, 0.05) is 24.5 Å². The number of benzene rings is 2. The van der Waals surface area contributed by atoms with Gasteiger partial charge in [0.25, 0.3) is 0 Å². The maximum atomic E-state index is 5.92. The molecular weight excluding hydrogens is 262 g/mol. The third-order valence-corrected chi connectivity index (χ3v) is 3.33. The molecule has 4 heteroatoms. The molecule has 106 valence electrons. The molecular formula is C17H17N3O. The molecule has 2 aromatic carbocycles. The zero-order valence-electron chi connectivity index (χ0n) is 11.9. The molecule has 0 saturated carbocycles. The molecule has 0 aliphatic heterocycles. The molecule has 1 aromatic heterocycles. The Hall–Kier alpha value is -2.46. The molecule has 3 aromatic rings. The van der Waals surface area contributed by atoms with E-state index in [0.717, 1.165) is 17.9 Å². The summed E-state index contributed by atoms with van der Waals surface area (Å²) in [6, 6.07) is 14.2. The first-order chi connectivity index (χ1) is 10.4. The van der Waals surface area contributed by atoms with Crippen LogP contribution in [0.3, 0.4) is 0 Å². The van der Waals surface area contributed by atoms with Crippen molar-refractivity contribution in [3.05, 3.63) is 66.2 Å². The van der Waals surface area contributed by atoms with Gasteiger partial charge in [0.15, 0.2) is 5.82 Å². The van der Waals surface area contributed by atoms with Gasteiger partial charge in [0.05, 0.1) is 0 Å². The van der Waals surface area contributed by atoms with Crippen molar-refractivity contribution in [2.75, 3.05) is 7.05 Å². The lowest BCUT2D eigenvalue weighted by Crippen LogP contribution is -2.09. The van der Waals surface area contributed by atoms with Gasteiger partial charge in [-0.15, -0.1) is 0 Å². The van der Waals surface area contributed by atoms with E-state index in [2.05, 4.69) is 33.5 Å². The Morgan fingerprint density at radius 1 is 1.00 bits per heavy atom. The predicted molar refractivity (Wildman–Crippen MR) is 83.1 cm³/mol. The van der Waals surface area contributed by atoms with Gasteiger partial charge >= 0.3 is 0 Å². The molecule has 1 N–H and O–H groups in total. The van der Waals surface area contributed by atoms with Gasteiger partial charge in [-0.05, 0) is 30.0 Å². The number of ether oxygens (including phenoxy) is 1. The largest absolute Gasteiger partial charge is 0.485 e. The average molecular weight is 279 g/mol. The van der Waals surface area contributed by atoms with Crippen LogP contribution in [0.15, 0.2) is 54.9 Å². The summed E-state index contributed by atoms with van der Waals surface area (Å²) < 4.78 is 5.92. The van der Waals surface area contributed by atoms with E-state index in [9.17, 15) is 0 Å². The molecule has 4 nitrogen and oxygen atoms in total. The summed E-state index contributed by atoms with van der Waals surface area (Å²) in [5.74, 6) is 1.55. The number of nitrogens with zero attached hydrogens (tertiary/aromatic N) is 2. The van der Waals surface area contributed by atoms with E-state index in [1.54, 1.807) is 18.5 Å². The molecule has 1 heterocycles. The number of hydrogen-bond donors (Lipinski definition) is 1. The van der Waals surface area contributed by atoms with E-state index in [-0.39, 0.29) is 0 Å². The van der Waals surface area contributed by atoms with Crippen molar-refractivity contribution >= 4 is 10.8 Å². The smallest absolute Gasteiger partial charge is 0.166 e. The van der Waals surface area contributed by atoms with Crippen LogP contribution in [0.1, 0.15) is 11.4 Å². The fourth-order valence-electron chi connectivity index (χ4n) is 2.36. The Balaban J connectivity index is 1.92. The maximum absolute atomic E-state index is 5.92. The molecule has 0 fully saturated rings. The first-order valence-corrected chi connectivity index (χ1v) is 6.92. The van der Waals surface area contributed by atoms with Crippen molar-refractivity contribution < 1.29 is 4.74 Å². The van der Waals surface area contributed by atoms with E-state index in [4.69, 9.17) is 4.74 Å². The van der Waals surface area contributed by atoms with Crippen LogP contribution in [-0.2, 0) is 13.2 Å². The number of hydrogen-bond acceptors (Lipinski definition) is 4. The molecule has 0 aliphatic carbocycles. The highest BCUT2D eigenvalue weighted by molar-refractivity contribution is 5.87. The van der Waals surface area contributed by atoms with Crippen molar-refractivity contribution in [1.29, 1.82) is 0 Å². The minimum Gasteiger partial charge on any atom is -0.485 e. The van der Waals surface area contributed by atoms with Crippen molar-refractivity contribution in [2.24, 2.45) is 0 Å². The van der Waals surface area contributed by atoms with Gasteiger partial charge in [-0.3, -0.25) is 0 Å². The quantitative estimate of drug-likeness (QED) is 0.780. The minimum atomic E-state index is 0.371. The molecule has 0 bridgehead atoms. The van der Waals surface area contributed by atoms with E-state index in [1.165, 1.54) is 10.8 Å². The van der Waals surface area contributed by atoms with E-state index in [0.29, 0.717) is 12.4 Å². The standard InChI is InChI=1S/C17H17N3O/c1-18-11-15-14-6-3-2-5-13(14)7-8-16(15)21-12-17-19-9-4-10-20-17/h2-10,18H,11-12H2,1H3. The molecule has 0 unspecified atom stereocenters. The first kappa shape index (κ1) is 13.5. The Morgan fingerprint density at radius 2 is 1.81 bits per heavy atom. The van der Waals surface area contributed by atoms with E-state index < -0.39 is 0 Å². The Kier molecular flexibility index (Phi) is 4.07. The molecule has 0 atom stereocenters. The second-order valence-electron chi connectivity index (χ2n) is 4.75. The Bertz CT molecular complexity index is 728. The summed E-state index contributed by atoms with van der Waals surface area (Å²) in [6.45, 7) is 1.13. The van der Waals surface area contributed by atoms with Crippen LogP contribution in [0.2, 0.25) is 0 Å². The second kappa shape index (κ2) is 6.33. The Morgan fingerprint density at radius 3 is 2.62 bits per heavy atom. The molecule has 0 aliphatic rings. The third kappa shape index (κ3) is 3.01. The topological polar surface area (TPSA) is 47.0 Å². The highest BCUT2D eigenvalue weighted by Gasteiger charge is 2.08. The second-order valence-corrected chi connectivity index (χ2v) is 4.75. The van der Waals surface area contributed by atoms with E-state index >= 15 is 0 Å². The molecule has 0 radical (unpaired) electrons. The summed E-state index contributed by atoms with van der Waals surface area (Å²) in [7, 11) is 1.94. The Labute approximate surface area is 123 Å². The molecule has 3 rings (SSSR count). The van der Waals surface area contributed by atoms with Gasteiger partial charge in [-0.2, -0.15) is 0 Å². The first-order valence-electron chi connectivity index (χ1n) is 6.92. The number of fused-ring (bicyclic) bond motifs is 1. The summed E-state index contributed by atoms with van der Waals surface area (Å²) in [5.41, 5.74) is 1.16. The zero-order chi connectivity index (χ0) is 14.5. The predicted octanol–water partition coefficient (Wildman–Crippen LogP) is 2.93. The third-order valence-electron chi connectivity index (χ3n) is 3.33. The molecule has 0 amide bonds.